The Bertz CT molecular complexity index is 3250. The Labute approximate surface area is 392 Å². The van der Waals surface area contributed by atoms with E-state index in [9.17, 15) is 0 Å². The Kier molecular flexibility index (Phi) is 11.4. The third-order valence-electron chi connectivity index (χ3n) is 12.4. The van der Waals surface area contributed by atoms with E-state index in [4.69, 9.17) is 9.97 Å². The van der Waals surface area contributed by atoms with Gasteiger partial charge in [0.2, 0.25) is 0 Å². The van der Waals surface area contributed by atoms with Crippen LogP contribution in [0.4, 0.5) is 17.1 Å². The van der Waals surface area contributed by atoms with Crippen LogP contribution in [0.25, 0.3) is 89.5 Å². The fraction of sp³-hybridized carbons (Fsp3) is 0. The molecule has 3 heteroatoms. The van der Waals surface area contributed by atoms with Crippen molar-refractivity contribution in [2.45, 2.75) is 0 Å². The molecule has 0 spiro atoms. The molecule has 316 valence electrons. The molecular weight excluding hydrogens is 811 g/mol. The second-order valence-electron chi connectivity index (χ2n) is 16.6. The topological polar surface area (TPSA) is 29.0 Å². The van der Waals surface area contributed by atoms with Gasteiger partial charge in [-0.05, 0) is 98.1 Å². The second-order valence-corrected chi connectivity index (χ2v) is 16.6. The molecule has 1 heterocycles. The zero-order valence-corrected chi connectivity index (χ0v) is 36.8. The van der Waals surface area contributed by atoms with E-state index in [0.717, 1.165) is 56.3 Å². The molecule has 0 aliphatic rings. The summed E-state index contributed by atoms with van der Waals surface area (Å²) < 4.78 is 0. The first-order valence-corrected chi connectivity index (χ1v) is 22.7. The van der Waals surface area contributed by atoms with Gasteiger partial charge in [-0.2, -0.15) is 0 Å². The van der Waals surface area contributed by atoms with E-state index in [0.29, 0.717) is 5.82 Å². The highest BCUT2D eigenvalue weighted by Crippen LogP contribution is 2.38. The van der Waals surface area contributed by atoms with Crippen molar-refractivity contribution in [1.82, 2.24) is 9.97 Å². The molecule has 10 aromatic carbocycles. The van der Waals surface area contributed by atoms with Gasteiger partial charge in [-0.1, -0.05) is 231 Å². The molecule has 3 nitrogen and oxygen atoms in total. The van der Waals surface area contributed by atoms with Crippen LogP contribution in [0.3, 0.4) is 0 Å². The van der Waals surface area contributed by atoms with Crippen LogP contribution in [-0.2, 0) is 0 Å². The first-order chi connectivity index (χ1) is 33.2. The summed E-state index contributed by atoms with van der Waals surface area (Å²) in [4.78, 5) is 12.7. The maximum Gasteiger partial charge on any atom is 0.160 e. The van der Waals surface area contributed by atoms with Crippen LogP contribution < -0.4 is 4.90 Å². The highest BCUT2D eigenvalue weighted by molar-refractivity contribution is 5.81. The van der Waals surface area contributed by atoms with Crippen LogP contribution >= 0.6 is 0 Å². The van der Waals surface area contributed by atoms with Crippen LogP contribution in [0.5, 0.6) is 0 Å². The molecule has 0 bridgehead atoms. The van der Waals surface area contributed by atoms with E-state index in [1.165, 1.54) is 44.5 Å². The summed E-state index contributed by atoms with van der Waals surface area (Å²) in [6, 6.07) is 96.5. The molecule has 11 aromatic rings. The van der Waals surface area contributed by atoms with Gasteiger partial charge in [0.05, 0.1) is 11.4 Å². The summed E-state index contributed by atoms with van der Waals surface area (Å²) >= 11 is 0. The molecule has 0 aliphatic carbocycles. The Morgan fingerprint density at radius 1 is 0.194 bits per heavy atom. The molecule has 0 saturated carbocycles. The lowest BCUT2D eigenvalue weighted by molar-refractivity contribution is 1.18. The maximum atomic E-state index is 5.18. The van der Waals surface area contributed by atoms with Crippen molar-refractivity contribution in [2.75, 3.05) is 4.90 Å². The van der Waals surface area contributed by atoms with Crippen LogP contribution in [0.15, 0.2) is 273 Å². The molecule has 1 aromatic heterocycles. The van der Waals surface area contributed by atoms with E-state index < -0.39 is 0 Å². The van der Waals surface area contributed by atoms with Gasteiger partial charge in [-0.25, -0.2) is 9.97 Å². The van der Waals surface area contributed by atoms with Crippen LogP contribution in [0, 0.1) is 0 Å². The number of hydrogen-bond donors (Lipinski definition) is 0. The SMILES string of the molecule is c1ccc(-c2ccc(-c3ccc(N(c4ccccc4)c4ccc(-c5ccc(-c6nc(-c7ccc(-c8ccccc8)cc7)cc(-c7ccc(-c8ccccc8)cc7)n6)cc5)cc4)cc3)cc2)cc1. The number of hydrogen-bond acceptors (Lipinski definition) is 3. The summed E-state index contributed by atoms with van der Waals surface area (Å²) in [6.07, 6.45) is 0. The average Bonchev–Trinajstić information content (AvgIpc) is 3.42. The highest BCUT2D eigenvalue weighted by Gasteiger charge is 2.15. The Balaban J connectivity index is 0.872. The van der Waals surface area contributed by atoms with Gasteiger partial charge in [0.25, 0.3) is 0 Å². The van der Waals surface area contributed by atoms with Gasteiger partial charge in [-0.15, -0.1) is 0 Å². The number of aromatic nitrogens is 2. The summed E-state index contributed by atoms with van der Waals surface area (Å²) in [7, 11) is 0. The van der Waals surface area contributed by atoms with Crippen LogP contribution in [0.2, 0.25) is 0 Å². The van der Waals surface area contributed by atoms with Gasteiger partial charge in [0, 0.05) is 33.8 Å². The number of nitrogens with zero attached hydrogens (tertiary/aromatic N) is 3. The molecular formula is C64H45N3. The molecule has 0 amide bonds. The molecule has 0 radical (unpaired) electrons. The van der Waals surface area contributed by atoms with Crippen molar-refractivity contribution in [3.63, 3.8) is 0 Å². The first kappa shape index (κ1) is 40.8. The highest BCUT2D eigenvalue weighted by atomic mass is 15.1. The van der Waals surface area contributed by atoms with E-state index in [1.54, 1.807) is 0 Å². The smallest absolute Gasteiger partial charge is 0.160 e. The van der Waals surface area contributed by atoms with E-state index in [2.05, 4.69) is 266 Å². The minimum atomic E-state index is 0.683. The lowest BCUT2D eigenvalue weighted by atomic mass is 10.00. The number of anilines is 3. The van der Waals surface area contributed by atoms with Crippen molar-refractivity contribution in [3.05, 3.63) is 273 Å². The number of rotatable bonds is 11. The third-order valence-corrected chi connectivity index (χ3v) is 12.4. The lowest BCUT2D eigenvalue weighted by Gasteiger charge is -2.26. The van der Waals surface area contributed by atoms with Gasteiger partial charge in [-0.3, -0.25) is 0 Å². The van der Waals surface area contributed by atoms with Crippen LogP contribution in [0.1, 0.15) is 0 Å². The van der Waals surface area contributed by atoms with Crippen molar-refractivity contribution < 1.29 is 0 Å². The Morgan fingerprint density at radius 3 is 0.731 bits per heavy atom. The molecule has 0 unspecified atom stereocenters. The zero-order valence-electron chi connectivity index (χ0n) is 36.8. The molecule has 0 aliphatic heterocycles. The Hall–Kier alpha value is -8.92. The predicted molar refractivity (Wildman–Crippen MR) is 280 cm³/mol. The quantitative estimate of drug-likeness (QED) is 0.130. The Morgan fingerprint density at radius 2 is 0.418 bits per heavy atom. The second kappa shape index (κ2) is 18.7. The summed E-state index contributed by atoms with van der Waals surface area (Å²) in [5.74, 6) is 0.683. The average molecular weight is 856 g/mol. The van der Waals surface area contributed by atoms with Gasteiger partial charge >= 0.3 is 0 Å². The third kappa shape index (κ3) is 8.95. The summed E-state index contributed by atoms with van der Waals surface area (Å²) in [6.45, 7) is 0. The van der Waals surface area contributed by atoms with Gasteiger partial charge in [0.1, 0.15) is 0 Å². The van der Waals surface area contributed by atoms with Crippen molar-refractivity contribution in [3.8, 4) is 89.5 Å². The summed E-state index contributed by atoms with van der Waals surface area (Å²) in [5, 5.41) is 0. The van der Waals surface area contributed by atoms with Crippen LogP contribution in [-0.4, -0.2) is 9.97 Å². The van der Waals surface area contributed by atoms with E-state index in [-0.39, 0.29) is 0 Å². The molecule has 0 N–H and O–H groups in total. The normalized spacial score (nSPS) is 11.0. The molecule has 0 atom stereocenters. The summed E-state index contributed by atoms with van der Waals surface area (Å²) in [5.41, 5.74) is 19.8. The molecule has 0 saturated heterocycles. The molecule has 67 heavy (non-hydrogen) atoms. The van der Waals surface area contributed by atoms with Crippen molar-refractivity contribution >= 4 is 17.1 Å². The maximum absolute atomic E-state index is 5.18. The lowest BCUT2D eigenvalue weighted by Crippen LogP contribution is -2.09. The van der Waals surface area contributed by atoms with E-state index >= 15 is 0 Å². The molecule has 11 rings (SSSR count). The fourth-order valence-electron chi connectivity index (χ4n) is 8.73. The first-order valence-electron chi connectivity index (χ1n) is 22.7. The fourth-order valence-corrected chi connectivity index (χ4v) is 8.73. The number of benzene rings is 10. The zero-order chi connectivity index (χ0) is 44.8. The standard InChI is InChI=1S/C64H45N3/c1-5-13-46(14-6-1)49-21-23-52(24-22-49)54-37-41-60(42-38-54)67(59-19-11-4-12-20-59)61-43-39-55(40-44-61)53-29-35-58(36-30-53)64-65-62(56-31-25-50(26-32-56)47-15-7-2-8-16-47)45-63(66-64)57-33-27-51(28-34-57)48-17-9-3-10-18-48/h1-45H. The monoisotopic (exact) mass is 855 g/mol. The largest absolute Gasteiger partial charge is 0.311 e. The van der Waals surface area contributed by atoms with E-state index in [1.807, 2.05) is 12.1 Å². The van der Waals surface area contributed by atoms with Gasteiger partial charge < -0.3 is 4.90 Å². The minimum absolute atomic E-state index is 0.683. The predicted octanol–water partition coefficient (Wildman–Crippen LogP) is 17.3. The van der Waals surface area contributed by atoms with Crippen molar-refractivity contribution in [2.24, 2.45) is 0 Å². The minimum Gasteiger partial charge on any atom is -0.311 e. The van der Waals surface area contributed by atoms with Gasteiger partial charge in [0.15, 0.2) is 5.82 Å². The van der Waals surface area contributed by atoms with Crippen molar-refractivity contribution in [1.29, 1.82) is 0 Å². The molecule has 0 fully saturated rings. The number of para-hydroxylation sites is 1.